The fourth-order valence-electron chi connectivity index (χ4n) is 4.15. The Kier molecular flexibility index (Phi) is 14.4. The van der Waals surface area contributed by atoms with Crippen molar-refractivity contribution in [1.82, 2.24) is 0 Å². The summed E-state index contributed by atoms with van der Waals surface area (Å²) < 4.78 is 0. The Hall–Kier alpha value is -0.790. The molecule has 0 radical (unpaired) electrons. The van der Waals surface area contributed by atoms with Crippen molar-refractivity contribution >= 4 is 16.2 Å². The Bertz CT molecular complexity index is 1170. The molecule has 0 saturated carbocycles. The van der Waals surface area contributed by atoms with Crippen LogP contribution < -0.4 is 24.8 Å². The van der Waals surface area contributed by atoms with Gasteiger partial charge in [-0.2, -0.15) is 11.1 Å². The second-order valence-corrected chi connectivity index (χ2v) is 18.6. The smallest absolute Gasteiger partial charge is 0.0395 e. The molecule has 1 unspecified atom stereocenters. The first-order chi connectivity index (χ1) is 15.0. The van der Waals surface area contributed by atoms with E-state index in [1.54, 1.807) is 23.3 Å². The van der Waals surface area contributed by atoms with Gasteiger partial charge in [-0.1, -0.05) is 55.5 Å². The average Bonchev–Trinajstić information content (AvgIpc) is 3.24. The number of allylic oxidation sites excluding steroid dienone is 4. The zero-order valence-corrected chi connectivity index (χ0v) is 27.3. The average molecular weight is 589 g/mol. The summed E-state index contributed by atoms with van der Waals surface area (Å²) in [5.74, 6) is 0.560. The fourth-order valence-corrected chi connectivity index (χ4v) is 4.15. The van der Waals surface area contributed by atoms with Gasteiger partial charge >= 0.3 is 41.9 Å². The molecule has 0 amide bonds. The first-order valence-electron chi connectivity index (χ1n) is 11.5. The van der Waals surface area contributed by atoms with Crippen LogP contribution in [0, 0.1) is 39.7 Å². The minimum absolute atomic E-state index is 0. The number of aryl methyl sites for hydroxylation is 2. The maximum absolute atomic E-state index is 3.36. The third-order valence-electron chi connectivity index (χ3n) is 6.55. The fraction of sp³-hybridized carbons (Fsp3) is 0.367. The van der Waals surface area contributed by atoms with Crippen LogP contribution in [-0.2, 0) is 23.3 Å². The van der Waals surface area contributed by atoms with E-state index in [0.717, 1.165) is 0 Å². The first-order valence-corrected chi connectivity index (χ1v) is 17.7. The number of hydrogen-bond donors (Lipinski definition) is 0. The van der Waals surface area contributed by atoms with Gasteiger partial charge in [0.25, 0.3) is 0 Å². The van der Waals surface area contributed by atoms with Gasteiger partial charge in [0.2, 0.25) is 0 Å². The molecule has 1 aliphatic rings. The molecule has 182 valence electrons. The van der Waals surface area contributed by atoms with Crippen molar-refractivity contribution in [3.05, 3.63) is 87.5 Å². The van der Waals surface area contributed by atoms with E-state index in [1.165, 1.54) is 60.9 Å². The molecule has 0 aliphatic heterocycles. The molecule has 4 rings (SSSR count). The van der Waals surface area contributed by atoms with Gasteiger partial charge in [0.05, 0.1) is 0 Å². The van der Waals surface area contributed by atoms with E-state index < -0.39 is 0 Å². The van der Waals surface area contributed by atoms with E-state index in [0.29, 0.717) is 5.92 Å². The number of halogens is 2. The standard InChI is InChI=1S/C19H19.C9H13.C2H6Si.2ClH.Zr/c1-12-11-13(2)15(4)19(14(12)3)18-10-9-16-7-5-6-8-17(16)18;1-6-5-7(2)9(4)8(6)3;1-3-2;;;/h5-11H,1-4H3;6H,1-4H3;1-2H3;2*1H;/q2*-1;;;;+2/p-2. The maximum atomic E-state index is 3.36. The summed E-state index contributed by atoms with van der Waals surface area (Å²) in [6, 6.07) is 15.4. The van der Waals surface area contributed by atoms with Crippen molar-refractivity contribution in [2.75, 3.05) is 0 Å². The topological polar surface area (TPSA) is 0 Å². The molecule has 0 nitrogen and oxygen atoms in total. The summed E-state index contributed by atoms with van der Waals surface area (Å²) in [4.78, 5) is 0. The summed E-state index contributed by atoms with van der Waals surface area (Å²) in [6.07, 6.45) is 3.36. The molecule has 0 heterocycles. The number of hydrogen-bond acceptors (Lipinski definition) is 0. The van der Waals surface area contributed by atoms with Crippen LogP contribution in [0.15, 0.2) is 59.2 Å². The first kappa shape index (κ1) is 33.2. The van der Waals surface area contributed by atoms with Gasteiger partial charge in [0, 0.05) is 0 Å². The molecule has 34 heavy (non-hydrogen) atoms. The molecule has 4 heteroatoms. The van der Waals surface area contributed by atoms with E-state index >= 15 is 0 Å². The van der Waals surface area contributed by atoms with Crippen LogP contribution in [0.2, 0.25) is 13.1 Å². The van der Waals surface area contributed by atoms with E-state index in [-0.39, 0.29) is 30.2 Å². The van der Waals surface area contributed by atoms with Crippen LogP contribution >= 0.6 is 0 Å². The van der Waals surface area contributed by atoms with Crippen molar-refractivity contribution in [2.24, 2.45) is 5.92 Å². The predicted molar refractivity (Wildman–Crippen MR) is 141 cm³/mol. The maximum Gasteiger partial charge on any atom is -0.0395 e. The summed E-state index contributed by atoms with van der Waals surface area (Å²) >= 11 is 1.74. The molecule has 1 atom stereocenters. The van der Waals surface area contributed by atoms with E-state index in [1.807, 2.05) is 0 Å². The molecule has 0 fully saturated rings. The van der Waals surface area contributed by atoms with Crippen molar-refractivity contribution in [2.45, 2.75) is 68.5 Å². The Balaban J connectivity index is 0.000000614. The van der Waals surface area contributed by atoms with Gasteiger partial charge in [0.1, 0.15) is 0 Å². The van der Waals surface area contributed by atoms with E-state index in [2.05, 4.69) is 117 Å². The van der Waals surface area contributed by atoms with Crippen LogP contribution in [-0.4, -0.2) is 5.43 Å². The summed E-state index contributed by atoms with van der Waals surface area (Å²) in [5.41, 5.74) is 12.8. The van der Waals surface area contributed by atoms with Gasteiger partial charge in [-0.3, -0.25) is 6.08 Å². The second kappa shape index (κ2) is 14.7. The normalized spacial score (nSPS) is 14.2. The second-order valence-electron chi connectivity index (χ2n) is 9.27. The molecular weight excluding hydrogens is 551 g/mol. The SMILES string of the molecule is CC1=[C-]C(C)C(C)=C1C.C[Si](C)=[Zr+2].Cc1cc(C)c(C)c(-c2c[cH-]c3ccccc23)c1C.[Cl-].[Cl-]. The number of benzene rings is 2. The Morgan fingerprint density at radius 1 is 0.882 bits per heavy atom. The van der Waals surface area contributed by atoms with Crippen molar-refractivity contribution < 1.29 is 48.1 Å². The minimum Gasteiger partial charge on any atom is -1.00 e. The van der Waals surface area contributed by atoms with Crippen molar-refractivity contribution in [3.63, 3.8) is 0 Å². The van der Waals surface area contributed by atoms with Crippen LogP contribution in [0.4, 0.5) is 0 Å². The third-order valence-corrected chi connectivity index (χ3v) is 6.55. The molecule has 0 aromatic heterocycles. The number of fused-ring (bicyclic) bond motifs is 1. The Morgan fingerprint density at radius 2 is 1.38 bits per heavy atom. The molecule has 3 aromatic carbocycles. The largest absolute Gasteiger partial charge is 1.00 e. The van der Waals surface area contributed by atoms with Crippen molar-refractivity contribution in [1.29, 1.82) is 0 Å². The summed E-state index contributed by atoms with van der Waals surface area (Å²) in [6.45, 7) is 22.2. The predicted octanol–water partition coefficient (Wildman–Crippen LogP) is 2.97. The van der Waals surface area contributed by atoms with Gasteiger partial charge in [-0.25, -0.2) is 5.57 Å². The Morgan fingerprint density at radius 3 is 1.79 bits per heavy atom. The zero-order valence-electron chi connectivity index (χ0n) is 22.4. The summed E-state index contributed by atoms with van der Waals surface area (Å²) in [7, 11) is 0. The molecular formula is C30H38Cl2SiZr-2. The van der Waals surface area contributed by atoms with E-state index in [9.17, 15) is 0 Å². The summed E-state index contributed by atoms with van der Waals surface area (Å²) in [5, 5.41) is 2.69. The van der Waals surface area contributed by atoms with Gasteiger partial charge < -0.3 is 24.8 Å². The van der Waals surface area contributed by atoms with Gasteiger partial charge in [-0.15, -0.1) is 53.6 Å². The quantitative estimate of drug-likeness (QED) is 0.303. The Labute approximate surface area is 235 Å². The van der Waals surface area contributed by atoms with Crippen molar-refractivity contribution in [3.8, 4) is 11.1 Å². The zero-order chi connectivity index (χ0) is 24.2. The molecule has 0 N–H and O–H groups in total. The molecule has 0 saturated heterocycles. The molecule has 3 aromatic rings. The number of rotatable bonds is 1. The molecule has 1 aliphatic carbocycles. The van der Waals surface area contributed by atoms with Crippen LogP contribution in [0.1, 0.15) is 49.9 Å². The molecule has 0 spiro atoms. The molecule has 0 bridgehead atoms. The monoisotopic (exact) mass is 586 g/mol. The van der Waals surface area contributed by atoms with Gasteiger partial charge in [-0.05, 0) is 38.8 Å². The third kappa shape index (κ3) is 8.12. The van der Waals surface area contributed by atoms with E-state index in [4.69, 9.17) is 0 Å². The van der Waals surface area contributed by atoms with Crippen LogP contribution in [0.3, 0.4) is 0 Å². The van der Waals surface area contributed by atoms with Crippen LogP contribution in [0.5, 0.6) is 0 Å². The van der Waals surface area contributed by atoms with Gasteiger partial charge in [0.15, 0.2) is 0 Å². The minimum atomic E-state index is 0. The van der Waals surface area contributed by atoms with Crippen LogP contribution in [0.25, 0.3) is 21.9 Å².